The lowest BCUT2D eigenvalue weighted by Crippen LogP contribution is -2.24. The van der Waals surface area contributed by atoms with Gasteiger partial charge in [-0.05, 0) is 43.7 Å². The van der Waals surface area contributed by atoms with E-state index in [-0.39, 0.29) is 36.0 Å². The van der Waals surface area contributed by atoms with Gasteiger partial charge in [-0.3, -0.25) is 4.99 Å². The molecule has 0 saturated carbocycles. The van der Waals surface area contributed by atoms with Crippen molar-refractivity contribution in [2.45, 2.75) is 20.0 Å². The normalized spacial score (nSPS) is 12.1. The van der Waals surface area contributed by atoms with E-state index in [0.717, 1.165) is 11.3 Å². The van der Waals surface area contributed by atoms with Crippen LogP contribution in [0.25, 0.3) is 0 Å². The number of guanidine groups is 1. The van der Waals surface area contributed by atoms with Crippen LogP contribution in [0.1, 0.15) is 25.5 Å². The van der Waals surface area contributed by atoms with Gasteiger partial charge < -0.3 is 25.3 Å². The third-order valence-electron chi connectivity index (χ3n) is 3.76. The van der Waals surface area contributed by atoms with Gasteiger partial charge in [-0.2, -0.15) is 0 Å². The molecule has 2 aromatic rings. The lowest BCUT2D eigenvalue weighted by atomic mass is 10.1. The van der Waals surface area contributed by atoms with Gasteiger partial charge in [0.05, 0.1) is 25.4 Å². The molecule has 0 aliphatic rings. The second kappa shape index (κ2) is 12.7. The number of nitrogens with zero attached hydrogens (tertiary/aromatic N) is 1. The van der Waals surface area contributed by atoms with Crippen LogP contribution in [0.5, 0.6) is 11.5 Å². The molecule has 0 aromatic heterocycles. The standard InChI is InChI=1S/C20H26ClN3O3.HI/c1-4-26-16-9-10-18(27-5-2)17(12-16)24-20(22)23-13-19(25-3)14-7-6-8-15(21)11-14;/h6-12,19H,4-5,13H2,1-3H3,(H3,22,23,24);1H. The molecule has 8 heteroatoms. The zero-order valence-electron chi connectivity index (χ0n) is 16.3. The molecule has 1 atom stereocenters. The number of anilines is 1. The van der Waals surface area contributed by atoms with Crippen LogP contribution in [-0.2, 0) is 4.74 Å². The highest BCUT2D eigenvalue weighted by Crippen LogP contribution is 2.29. The summed E-state index contributed by atoms with van der Waals surface area (Å²) in [5, 5.41) is 3.73. The quantitative estimate of drug-likeness (QED) is 0.281. The van der Waals surface area contributed by atoms with E-state index < -0.39 is 0 Å². The lowest BCUT2D eigenvalue weighted by molar-refractivity contribution is 0.111. The fourth-order valence-electron chi connectivity index (χ4n) is 2.53. The van der Waals surface area contributed by atoms with Crippen molar-refractivity contribution in [1.29, 1.82) is 0 Å². The summed E-state index contributed by atoms with van der Waals surface area (Å²) in [7, 11) is 1.63. The van der Waals surface area contributed by atoms with Crippen molar-refractivity contribution < 1.29 is 14.2 Å². The monoisotopic (exact) mass is 519 g/mol. The summed E-state index contributed by atoms with van der Waals surface area (Å²) in [4.78, 5) is 4.39. The molecule has 0 saturated heterocycles. The first kappa shape index (κ1) is 24.3. The molecular formula is C20H27ClIN3O3. The van der Waals surface area contributed by atoms with Crippen LogP contribution >= 0.6 is 35.6 Å². The maximum atomic E-state index is 6.07. The molecule has 6 nitrogen and oxygen atoms in total. The zero-order chi connectivity index (χ0) is 19.6. The predicted molar refractivity (Wildman–Crippen MR) is 126 cm³/mol. The molecule has 0 spiro atoms. The molecule has 0 heterocycles. The van der Waals surface area contributed by atoms with Crippen molar-refractivity contribution in [3.8, 4) is 11.5 Å². The fraction of sp³-hybridized carbons (Fsp3) is 0.350. The number of halogens is 2. The number of nitrogens with one attached hydrogen (secondary N) is 1. The van der Waals surface area contributed by atoms with Crippen LogP contribution in [0.4, 0.5) is 5.69 Å². The summed E-state index contributed by atoms with van der Waals surface area (Å²) in [6, 6.07) is 13.0. The number of methoxy groups -OCH3 is 1. The Morgan fingerprint density at radius 1 is 1.14 bits per heavy atom. The Kier molecular flexibility index (Phi) is 11.0. The summed E-state index contributed by atoms with van der Waals surface area (Å²) in [5.74, 6) is 1.66. The number of ether oxygens (including phenoxy) is 3. The van der Waals surface area contributed by atoms with Crippen LogP contribution in [0, 0.1) is 0 Å². The SMILES string of the molecule is CCOc1ccc(OCC)c(NC(N)=NCC(OC)c2cccc(Cl)c2)c1.I. The van der Waals surface area contributed by atoms with Gasteiger partial charge in [0.2, 0.25) is 0 Å². The molecule has 2 aromatic carbocycles. The molecule has 0 aliphatic carbocycles. The van der Waals surface area contributed by atoms with Gasteiger partial charge in [-0.15, -0.1) is 24.0 Å². The minimum Gasteiger partial charge on any atom is -0.494 e. The number of rotatable bonds is 9. The minimum absolute atomic E-state index is 0. The average Bonchev–Trinajstić information content (AvgIpc) is 2.65. The molecule has 2 rings (SSSR count). The average molecular weight is 520 g/mol. The van der Waals surface area contributed by atoms with Gasteiger partial charge in [-0.1, -0.05) is 23.7 Å². The second-order valence-electron chi connectivity index (χ2n) is 5.65. The van der Waals surface area contributed by atoms with Crippen LogP contribution in [0.3, 0.4) is 0 Å². The van der Waals surface area contributed by atoms with Crippen LogP contribution in [0.15, 0.2) is 47.5 Å². The number of hydrogen-bond acceptors (Lipinski definition) is 4. The molecular weight excluding hydrogens is 493 g/mol. The molecule has 154 valence electrons. The molecule has 0 fully saturated rings. The summed E-state index contributed by atoms with van der Waals surface area (Å²) < 4.78 is 16.7. The molecule has 3 N–H and O–H groups in total. The van der Waals surface area contributed by atoms with Gasteiger partial charge in [0.1, 0.15) is 17.6 Å². The maximum absolute atomic E-state index is 6.07. The first-order chi connectivity index (χ1) is 13.1. The Bertz CT molecular complexity index is 774. The number of nitrogens with two attached hydrogens (primary N) is 1. The highest BCUT2D eigenvalue weighted by molar-refractivity contribution is 14.0. The summed E-state index contributed by atoms with van der Waals surface area (Å²) in [6.07, 6.45) is -0.245. The largest absolute Gasteiger partial charge is 0.494 e. The Hall–Kier alpha value is -1.71. The molecule has 0 amide bonds. The Morgan fingerprint density at radius 2 is 1.89 bits per heavy atom. The minimum atomic E-state index is -0.245. The van der Waals surface area contributed by atoms with Gasteiger partial charge in [0, 0.05) is 18.2 Å². The van der Waals surface area contributed by atoms with E-state index in [0.29, 0.717) is 36.2 Å². The van der Waals surface area contributed by atoms with E-state index in [1.54, 1.807) is 7.11 Å². The van der Waals surface area contributed by atoms with Crippen molar-refractivity contribution >= 4 is 47.2 Å². The lowest BCUT2D eigenvalue weighted by Gasteiger charge is -2.16. The number of aliphatic imine (C=N–C) groups is 1. The number of hydrogen-bond donors (Lipinski definition) is 2. The Balaban J connectivity index is 0.00000392. The molecule has 28 heavy (non-hydrogen) atoms. The van der Waals surface area contributed by atoms with Gasteiger partial charge >= 0.3 is 0 Å². The second-order valence-corrected chi connectivity index (χ2v) is 6.09. The third kappa shape index (κ3) is 7.37. The Morgan fingerprint density at radius 3 is 2.54 bits per heavy atom. The van der Waals surface area contributed by atoms with E-state index in [2.05, 4.69) is 10.3 Å². The van der Waals surface area contributed by atoms with E-state index in [9.17, 15) is 0 Å². The molecule has 0 radical (unpaired) electrons. The smallest absolute Gasteiger partial charge is 0.193 e. The van der Waals surface area contributed by atoms with E-state index >= 15 is 0 Å². The third-order valence-corrected chi connectivity index (χ3v) is 3.99. The van der Waals surface area contributed by atoms with Gasteiger partial charge in [0.25, 0.3) is 0 Å². The van der Waals surface area contributed by atoms with E-state index in [4.69, 9.17) is 31.5 Å². The summed E-state index contributed by atoms with van der Waals surface area (Å²) in [6.45, 7) is 5.32. The maximum Gasteiger partial charge on any atom is 0.193 e. The van der Waals surface area contributed by atoms with Gasteiger partial charge in [0.15, 0.2) is 5.96 Å². The van der Waals surface area contributed by atoms with E-state index in [1.165, 1.54) is 0 Å². The highest BCUT2D eigenvalue weighted by Gasteiger charge is 2.11. The number of benzene rings is 2. The Labute approximate surface area is 188 Å². The van der Waals surface area contributed by atoms with Crippen molar-refractivity contribution in [2.24, 2.45) is 10.7 Å². The van der Waals surface area contributed by atoms with Crippen molar-refractivity contribution in [3.05, 3.63) is 53.1 Å². The van der Waals surface area contributed by atoms with Crippen molar-refractivity contribution in [1.82, 2.24) is 0 Å². The topological polar surface area (TPSA) is 78.1 Å². The summed E-state index contributed by atoms with van der Waals surface area (Å²) in [5.41, 5.74) is 7.70. The van der Waals surface area contributed by atoms with Crippen LogP contribution < -0.4 is 20.5 Å². The van der Waals surface area contributed by atoms with Crippen molar-refractivity contribution in [3.63, 3.8) is 0 Å². The van der Waals surface area contributed by atoms with Gasteiger partial charge in [-0.25, -0.2) is 0 Å². The highest BCUT2D eigenvalue weighted by atomic mass is 127. The fourth-order valence-corrected chi connectivity index (χ4v) is 2.72. The zero-order valence-corrected chi connectivity index (χ0v) is 19.4. The van der Waals surface area contributed by atoms with E-state index in [1.807, 2.05) is 56.3 Å². The van der Waals surface area contributed by atoms with Crippen LogP contribution in [-0.4, -0.2) is 32.8 Å². The predicted octanol–water partition coefficient (Wildman–Crippen LogP) is 4.87. The first-order valence-corrected chi connectivity index (χ1v) is 9.20. The first-order valence-electron chi connectivity index (χ1n) is 8.82. The van der Waals surface area contributed by atoms with Crippen molar-refractivity contribution in [2.75, 3.05) is 32.2 Å². The molecule has 0 aliphatic heterocycles. The molecule has 0 bridgehead atoms. The molecule has 1 unspecified atom stereocenters. The van der Waals surface area contributed by atoms with Crippen LogP contribution in [0.2, 0.25) is 5.02 Å². The summed E-state index contributed by atoms with van der Waals surface area (Å²) >= 11 is 6.05.